The summed E-state index contributed by atoms with van der Waals surface area (Å²) in [6.07, 6.45) is 10.1. The molecule has 0 aliphatic heterocycles. The molecule has 0 aromatic heterocycles. The van der Waals surface area contributed by atoms with Gasteiger partial charge < -0.3 is 9.84 Å². The maximum atomic E-state index is 12.2. The summed E-state index contributed by atoms with van der Waals surface area (Å²) in [5.41, 5.74) is 1.16. The monoisotopic (exact) mass is 372 g/mol. The number of aliphatic hydroxyl groups is 1. The van der Waals surface area contributed by atoms with E-state index in [1.165, 1.54) is 12.5 Å². The lowest BCUT2D eigenvalue weighted by Gasteiger charge is -2.62. The van der Waals surface area contributed by atoms with Gasteiger partial charge in [-0.2, -0.15) is 0 Å². The van der Waals surface area contributed by atoms with Crippen molar-refractivity contribution in [3.63, 3.8) is 0 Å². The second-order valence-corrected chi connectivity index (χ2v) is 9.74. The Kier molecular flexibility index (Phi) is 4.23. The molecule has 0 aromatic carbocycles. The number of carbonyl (C=O) groups is 2. The summed E-state index contributed by atoms with van der Waals surface area (Å²) in [6, 6.07) is 0. The van der Waals surface area contributed by atoms with E-state index in [2.05, 4.69) is 26.0 Å². The van der Waals surface area contributed by atoms with E-state index in [1.807, 2.05) is 0 Å². The molecule has 1 N–H and O–H groups in total. The highest BCUT2D eigenvalue weighted by Gasteiger charge is 2.64. The van der Waals surface area contributed by atoms with Gasteiger partial charge in [-0.3, -0.25) is 9.59 Å². The SMILES string of the molecule is CC(=O)OC1CC[C@@]2(C)C(=CC[C@H]3[C@@H]4CC=C(C(C)=O)[C@@]4(C)CC[C@@]32O)C1. The van der Waals surface area contributed by atoms with Crippen molar-refractivity contribution in [3.8, 4) is 0 Å². The normalized spacial score (nSPS) is 45.7. The molecule has 0 aromatic rings. The first-order valence-electron chi connectivity index (χ1n) is 10.4. The number of esters is 1. The molecule has 0 heterocycles. The zero-order valence-corrected chi connectivity index (χ0v) is 17.0. The molecule has 4 aliphatic carbocycles. The van der Waals surface area contributed by atoms with Crippen molar-refractivity contribution in [2.24, 2.45) is 22.7 Å². The first-order valence-corrected chi connectivity index (χ1v) is 10.4. The number of rotatable bonds is 2. The van der Waals surface area contributed by atoms with Crippen molar-refractivity contribution >= 4 is 11.8 Å². The maximum Gasteiger partial charge on any atom is 0.302 e. The van der Waals surface area contributed by atoms with Crippen LogP contribution in [0.1, 0.15) is 72.6 Å². The molecule has 4 aliphatic rings. The first kappa shape index (κ1) is 18.9. The second kappa shape index (κ2) is 6.04. The van der Waals surface area contributed by atoms with Gasteiger partial charge >= 0.3 is 5.97 Å². The maximum absolute atomic E-state index is 12.2. The number of hydrogen-bond acceptors (Lipinski definition) is 4. The fourth-order valence-electron chi connectivity index (χ4n) is 7.02. The minimum atomic E-state index is -0.734. The summed E-state index contributed by atoms with van der Waals surface area (Å²) in [5, 5.41) is 12.0. The molecule has 0 bridgehead atoms. The minimum absolute atomic E-state index is 0.0618. The van der Waals surface area contributed by atoms with E-state index in [0.717, 1.165) is 50.5 Å². The van der Waals surface area contributed by atoms with Crippen LogP contribution >= 0.6 is 0 Å². The first-order chi connectivity index (χ1) is 12.6. The van der Waals surface area contributed by atoms with Gasteiger partial charge in [-0.05, 0) is 68.3 Å². The molecule has 0 spiro atoms. The predicted molar refractivity (Wildman–Crippen MR) is 103 cm³/mol. The number of ether oxygens (including phenoxy) is 1. The predicted octanol–water partition coefficient (Wildman–Crippen LogP) is 4.12. The Balaban J connectivity index is 1.65. The zero-order chi connectivity index (χ0) is 19.6. The van der Waals surface area contributed by atoms with Gasteiger partial charge in [0.05, 0.1) is 5.60 Å². The van der Waals surface area contributed by atoms with Crippen LogP contribution in [0.25, 0.3) is 0 Å². The van der Waals surface area contributed by atoms with Crippen LogP contribution in [0.5, 0.6) is 0 Å². The van der Waals surface area contributed by atoms with E-state index in [-0.39, 0.29) is 34.6 Å². The molecule has 0 saturated heterocycles. The van der Waals surface area contributed by atoms with E-state index in [9.17, 15) is 14.7 Å². The van der Waals surface area contributed by atoms with Gasteiger partial charge in [0.1, 0.15) is 6.10 Å². The zero-order valence-electron chi connectivity index (χ0n) is 17.0. The molecular formula is C23H32O4. The number of fused-ring (bicyclic) bond motifs is 5. The second-order valence-electron chi connectivity index (χ2n) is 9.74. The van der Waals surface area contributed by atoms with Crippen LogP contribution in [0.2, 0.25) is 0 Å². The Morgan fingerprint density at radius 1 is 1.07 bits per heavy atom. The van der Waals surface area contributed by atoms with Crippen LogP contribution in [0, 0.1) is 22.7 Å². The smallest absolute Gasteiger partial charge is 0.302 e. The number of ketones is 1. The Morgan fingerprint density at radius 2 is 1.78 bits per heavy atom. The third-order valence-corrected chi connectivity index (χ3v) is 8.54. The standard InChI is InChI=1S/C23H32O4/c1-14(24)18-7-8-19-20-6-5-16-13-17(27-15(2)25)9-10-22(16,4)23(20,26)12-11-21(18,19)3/h5,7,17,19-20,26H,6,8-13H2,1-4H3/t17?,19-,20-,21+,22-,23+/m0/s1. The minimum Gasteiger partial charge on any atom is -0.462 e. The van der Waals surface area contributed by atoms with Crippen LogP contribution in [0.3, 0.4) is 0 Å². The average Bonchev–Trinajstić information content (AvgIpc) is 2.93. The lowest BCUT2D eigenvalue weighted by atomic mass is 9.45. The average molecular weight is 373 g/mol. The summed E-state index contributed by atoms with van der Waals surface area (Å²) in [7, 11) is 0. The number of carbonyl (C=O) groups excluding carboxylic acids is 2. The highest BCUT2D eigenvalue weighted by Crippen LogP contribution is 2.66. The summed E-state index contributed by atoms with van der Waals surface area (Å²) < 4.78 is 5.47. The lowest BCUT2D eigenvalue weighted by molar-refractivity contribution is -0.184. The van der Waals surface area contributed by atoms with E-state index >= 15 is 0 Å². The van der Waals surface area contributed by atoms with E-state index < -0.39 is 5.60 Å². The molecule has 27 heavy (non-hydrogen) atoms. The summed E-state index contributed by atoms with van der Waals surface area (Å²) in [4.78, 5) is 23.5. The topological polar surface area (TPSA) is 63.6 Å². The molecule has 1 unspecified atom stereocenters. The van der Waals surface area contributed by atoms with Gasteiger partial charge in [0.2, 0.25) is 0 Å². The Hall–Kier alpha value is -1.42. The molecule has 6 atom stereocenters. The molecule has 2 saturated carbocycles. The van der Waals surface area contributed by atoms with Crippen molar-refractivity contribution in [3.05, 3.63) is 23.3 Å². The molecule has 0 radical (unpaired) electrons. The molecule has 4 nitrogen and oxygen atoms in total. The highest BCUT2D eigenvalue weighted by atomic mass is 16.5. The third kappa shape index (κ3) is 2.52. The number of hydrogen-bond donors (Lipinski definition) is 1. The summed E-state index contributed by atoms with van der Waals surface area (Å²) in [6.45, 7) is 7.59. The number of allylic oxidation sites excluding steroid dienone is 3. The van der Waals surface area contributed by atoms with Gasteiger partial charge in [0, 0.05) is 18.8 Å². The van der Waals surface area contributed by atoms with Crippen molar-refractivity contribution in [1.29, 1.82) is 0 Å². The molecule has 2 fully saturated rings. The van der Waals surface area contributed by atoms with Crippen LogP contribution in [-0.4, -0.2) is 28.6 Å². The summed E-state index contributed by atoms with van der Waals surface area (Å²) in [5.74, 6) is 0.476. The fourth-order valence-corrected chi connectivity index (χ4v) is 7.02. The van der Waals surface area contributed by atoms with Crippen molar-refractivity contribution in [2.75, 3.05) is 0 Å². The van der Waals surface area contributed by atoms with Gasteiger partial charge in [-0.25, -0.2) is 0 Å². The Morgan fingerprint density at radius 3 is 2.44 bits per heavy atom. The van der Waals surface area contributed by atoms with Crippen molar-refractivity contribution < 1.29 is 19.4 Å². The molecule has 4 heteroatoms. The van der Waals surface area contributed by atoms with Crippen molar-refractivity contribution in [1.82, 2.24) is 0 Å². The van der Waals surface area contributed by atoms with Crippen LogP contribution in [-0.2, 0) is 14.3 Å². The third-order valence-electron chi connectivity index (χ3n) is 8.54. The van der Waals surface area contributed by atoms with Gasteiger partial charge in [-0.15, -0.1) is 0 Å². The van der Waals surface area contributed by atoms with Crippen molar-refractivity contribution in [2.45, 2.75) is 84.3 Å². The largest absolute Gasteiger partial charge is 0.462 e. The van der Waals surface area contributed by atoms with Gasteiger partial charge in [0.25, 0.3) is 0 Å². The quantitative estimate of drug-likeness (QED) is 0.585. The van der Waals surface area contributed by atoms with E-state index in [1.54, 1.807) is 6.92 Å². The van der Waals surface area contributed by atoms with Crippen LogP contribution in [0.15, 0.2) is 23.3 Å². The summed E-state index contributed by atoms with van der Waals surface area (Å²) >= 11 is 0. The molecule has 0 amide bonds. The van der Waals surface area contributed by atoms with Crippen LogP contribution < -0.4 is 0 Å². The van der Waals surface area contributed by atoms with Gasteiger partial charge in [0.15, 0.2) is 5.78 Å². The Labute approximate surface area is 162 Å². The molecule has 4 rings (SSSR count). The van der Waals surface area contributed by atoms with E-state index in [0.29, 0.717) is 5.92 Å². The molecular weight excluding hydrogens is 340 g/mol. The molecule has 148 valence electrons. The number of Topliss-reactive ketones (excluding diaryl/α,β-unsaturated/α-hetero) is 1. The van der Waals surface area contributed by atoms with E-state index in [4.69, 9.17) is 4.74 Å². The lowest BCUT2D eigenvalue weighted by Crippen LogP contribution is -2.62. The fraction of sp³-hybridized carbons (Fsp3) is 0.739. The Bertz CT molecular complexity index is 749. The van der Waals surface area contributed by atoms with Crippen LogP contribution in [0.4, 0.5) is 0 Å². The van der Waals surface area contributed by atoms with Gasteiger partial charge in [-0.1, -0.05) is 31.6 Å². The highest BCUT2D eigenvalue weighted by molar-refractivity contribution is 5.95.